The van der Waals surface area contributed by atoms with Gasteiger partial charge in [0.15, 0.2) is 17.3 Å². The van der Waals surface area contributed by atoms with Gasteiger partial charge in [-0.05, 0) is 53.1 Å². The first-order chi connectivity index (χ1) is 25.3. The quantitative estimate of drug-likeness (QED) is 0.146. The molecular formula is C39H37N5O8. The van der Waals surface area contributed by atoms with Gasteiger partial charge in [-0.15, -0.1) is 0 Å². The van der Waals surface area contributed by atoms with Gasteiger partial charge in [0.25, 0.3) is 5.56 Å². The highest BCUT2D eigenvalue weighted by Crippen LogP contribution is 2.45. The van der Waals surface area contributed by atoms with E-state index >= 15 is 0 Å². The number of nitrogen functional groups attached to an aromatic ring is 1. The number of benzene rings is 4. The summed E-state index contributed by atoms with van der Waals surface area (Å²) in [6.07, 6.45) is -3.25. The Labute approximate surface area is 298 Å². The number of rotatable bonds is 13. The van der Waals surface area contributed by atoms with Crippen molar-refractivity contribution in [1.29, 1.82) is 0 Å². The predicted octanol–water partition coefficient (Wildman–Crippen LogP) is 4.39. The van der Waals surface area contributed by atoms with Crippen molar-refractivity contribution < 1.29 is 33.6 Å². The normalized spacial score (nSPS) is 17.9. The van der Waals surface area contributed by atoms with Crippen molar-refractivity contribution in [3.05, 3.63) is 143 Å². The monoisotopic (exact) mass is 703 g/mol. The molecule has 7 rings (SSSR count). The Hall–Kier alpha value is -6.02. The summed E-state index contributed by atoms with van der Waals surface area (Å²) >= 11 is 0. The Balaban J connectivity index is 1.36. The number of aromatic nitrogens is 4. The summed E-state index contributed by atoms with van der Waals surface area (Å²) in [4.78, 5) is 38.0. The molecule has 1 unspecified atom stereocenters. The molecule has 1 aliphatic rings. The summed E-state index contributed by atoms with van der Waals surface area (Å²) in [5, 5.41) is 11.7. The van der Waals surface area contributed by atoms with E-state index in [4.69, 9.17) is 29.4 Å². The molecule has 0 radical (unpaired) electrons. The lowest BCUT2D eigenvalue weighted by molar-refractivity contribution is -0.167. The van der Waals surface area contributed by atoms with Crippen LogP contribution in [-0.2, 0) is 19.9 Å². The van der Waals surface area contributed by atoms with E-state index in [1.165, 1.54) is 10.9 Å². The molecule has 52 heavy (non-hydrogen) atoms. The number of anilines is 1. The molecule has 1 aliphatic heterocycles. The lowest BCUT2D eigenvalue weighted by Crippen LogP contribution is -2.49. The molecule has 1 fully saturated rings. The number of aliphatic hydroxyl groups is 1. The number of carbonyl (C=O) groups excluding carboxylic acids is 1. The summed E-state index contributed by atoms with van der Waals surface area (Å²) in [5.41, 5.74) is 6.19. The molecule has 0 bridgehead atoms. The number of Topliss-reactive ketones (excluding diaryl/α,β-unsaturated/α-hetero) is 1. The number of ketones is 1. The first-order valence-electron chi connectivity index (χ1n) is 16.6. The Kier molecular flexibility index (Phi) is 9.72. The molecule has 266 valence electrons. The molecule has 13 nitrogen and oxygen atoms in total. The fraction of sp³-hybridized carbons (Fsp3) is 0.231. The van der Waals surface area contributed by atoms with Crippen LogP contribution < -0.4 is 25.5 Å². The van der Waals surface area contributed by atoms with E-state index in [0.29, 0.717) is 33.9 Å². The van der Waals surface area contributed by atoms with Gasteiger partial charge in [0.1, 0.15) is 41.8 Å². The van der Waals surface area contributed by atoms with Gasteiger partial charge < -0.3 is 34.5 Å². The van der Waals surface area contributed by atoms with Crippen molar-refractivity contribution in [1.82, 2.24) is 19.5 Å². The van der Waals surface area contributed by atoms with E-state index in [1.807, 2.05) is 84.9 Å². The third-order valence-electron chi connectivity index (χ3n) is 9.11. The van der Waals surface area contributed by atoms with Gasteiger partial charge >= 0.3 is 0 Å². The average molecular weight is 704 g/mol. The number of fused-ring (bicyclic) bond motifs is 1. The van der Waals surface area contributed by atoms with Crippen molar-refractivity contribution in [2.45, 2.75) is 36.6 Å². The Bertz CT molecular complexity index is 2140. The zero-order valence-electron chi connectivity index (χ0n) is 28.4. The number of methoxy groups -OCH3 is 2. The third-order valence-corrected chi connectivity index (χ3v) is 9.11. The molecule has 13 heteroatoms. The predicted molar refractivity (Wildman–Crippen MR) is 191 cm³/mol. The van der Waals surface area contributed by atoms with E-state index in [9.17, 15) is 14.7 Å². The number of ether oxygens (including phenoxy) is 5. The van der Waals surface area contributed by atoms with Crippen LogP contribution in [0, 0.1) is 0 Å². The molecule has 3 heterocycles. The van der Waals surface area contributed by atoms with Gasteiger partial charge in [0.2, 0.25) is 11.7 Å². The van der Waals surface area contributed by atoms with E-state index in [2.05, 4.69) is 15.0 Å². The number of hydrogen-bond donors (Lipinski definition) is 3. The minimum atomic E-state index is -1.43. The zero-order chi connectivity index (χ0) is 36.2. The molecule has 0 saturated carbocycles. The van der Waals surface area contributed by atoms with Crippen LogP contribution in [0.3, 0.4) is 0 Å². The lowest BCUT2D eigenvalue weighted by atomic mass is 9.79. The molecule has 4 N–H and O–H groups in total. The van der Waals surface area contributed by atoms with E-state index in [0.717, 1.165) is 0 Å². The highest BCUT2D eigenvalue weighted by atomic mass is 16.6. The number of nitrogens with one attached hydrogen (secondary N) is 1. The Morgan fingerprint density at radius 3 is 2.08 bits per heavy atom. The van der Waals surface area contributed by atoms with E-state index in [1.54, 1.807) is 38.5 Å². The maximum absolute atomic E-state index is 14.5. The number of imidazole rings is 1. The van der Waals surface area contributed by atoms with Gasteiger partial charge in [0.05, 0.1) is 26.7 Å². The molecule has 4 atom stereocenters. The molecule has 0 spiro atoms. The number of aliphatic hydroxyl groups excluding tert-OH is 1. The molecular weight excluding hydrogens is 666 g/mol. The minimum absolute atomic E-state index is 0.0284. The maximum Gasteiger partial charge on any atom is 0.280 e. The SMILES string of the molecule is COc1ccc(C(OC(C(=O)COc2ccccc2)[C@H]2O[C@@H](n3cnc4c(=O)[nH]c(N)nc43)C[C@@H]2O)(c2ccccc2)c2ccc(OC)cc2)cc1. The number of para-hydroxylation sites is 1. The maximum atomic E-state index is 14.5. The molecule has 0 aliphatic carbocycles. The van der Waals surface area contributed by atoms with Gasteiger partial charge in [-0.1, -0.05) is 72.8 Å². The van der Waals surface area contributed by atoms with Crippen molar-refractivity contribution >= 4 is 22.9 Å². The number of carbonyl (C=O) groups is 1. The summed E-state index contributed by atoms with van der Waals surface area (Å²) in [7, 11) is 3.17. The van der Waals surface area contributed by atoms with E-state index in [-0.39, 0.29) is 30.1 Å². The van der Waals surface area contributed by atoms with Gasteiger partial charge in [0, 0.05) is 6.42 Å². The number of nitrogens with two attached hydrogens (primary N) is 1. The minimum Gasteiger partial charge on any atom is -0.497 e. The van der Waals surface area contributed by atoms with Crippen LogP contribution in [-0.4, -0.2) is 69.5 Å². The zero-order valence-corrected chi connectivity index (χ0v) is 28.4. The average Bonchev–Trinajstić information content (AvgIpc) is 3.78. The van der Waals surface area contributed by atoms with Crippen LogP contribution in [0.25, 0.3) is 11.2 Å². The second kappa shape index (κ2) is 14.7. The lowest BCUT2D eigenvalue weighted by Gasteiger charge is -2.40. The van der Waals surface area contributed by atoms with Crippen LogP contribution in [0.1, 0.15) is 29.3 Å². The largest absolute Gasteiger partial charge is 0.497 e. The first kappa shape index (κ1) is 34.4. The van der Waals surface area contributed by atoms with Crippen molar-refractivity contribution in [2.75, 3.05) is 26.6 Å². The summed E-state index contributed by atoms with van der Waals surface area (Å²) in [6.45, 7) is -0.385. The van der Waals surface area contributed by atoms with Crippen molar-refractivity contribution in [2.24, 2.45) is 0 Å². The van der Waals surface area contributed by atoms with Crippen molar-refractivity contribution in [3.63, 3.8) is 0 Å². The molecule has 6 aromatic rings. The number of nitrogens with zero attached hydrogens (tertiary/aromatic N) is 3. The van der Waals surface area contributed by atoms with Crippen LogP contribution in [0.15, 0.2) is 120 Å². The standard InChI is InChI=1S/C39H37N5O8/c1-48-27-17-13-25(14-18-27)39(24-9-5-3-6-10-24,26-15-19-28(49-2)20-16-26)52-35(31(46)22-50-29-11-7-4-8-12-29)34-30(45)21-32(51-34)44-23-41-33-36(44)42-38(40)43-37(33)47/h3-20,23,30,32,34-35,45H,21-22H2,1-2H3,(H3,40,42,43,47)/t30-,32+,34-,35?/m0/s1. The summed E-state index contributed by atoms with van der Waals surface area (Å²) in [5.74, 6) is 1.16. The van der Waals surface area contributed by atoms with Crippen LogP contribution >= 0.6 is 0 Å². The summed E-state index contributed by atoms with van der Waals surface area (Å²) in [6, 6.07) is 33.2. The molecule has 0 amide bonds. The smallest absolute Gasteiger partial charge is 0.280 e. The third kappa shape index (κ3) is 6.60. The summed E-state index contributed by atoms with van der Waals surface area (Å²) < 4.78 is 32.2. The highest BCUT2D eigenvalue weighted by Gasteiger charge is 2.49. The van der Waals surface area contributed by atoms with Crippen LogP contribution in [0.4, 0.5) is 5.95 Å². The molecule has 4 aromatic carbocycles. The van der Waals surface area contributed by atoms with Crippen LogP contribution in [0.5, 0.6) is 17.2 Å². The first-order valence-corrected chi connectivity index (χ1v) is 16.6. The van der Waals surface area contributed by atoms with E-state index < -0.39 is 41.5 Å². The second-order valence-electron chi connectivity index (χ2n) is 12.2. The van der Waals surface area contributed by atoms with Crippen molar-refractivity contribution in [3.8, 4) is 17.2 Å². The number of aromatic amines is 1. The number of hydrogen-bond acceptors (Lipinski definition) is 11. The Morgan fingerprint density at radius 1 is 0.904 bits per heavy atom. The van der Waals surface area contributed by atoms with Crippen LogP contribution in [0.2, 0.25) is 0 Å². The topological polar surface area (TPSA) is 173 Å². The highest BCUT2D eigenvalue weighted by molar-refractivity contribution is 5.85. The second-order valence-corrected chi connectivity index (χ2v) is 12.2. The Morgan fingerprint density at radius 2 is 1.48 bits per heavy atom. The molecule has 1 saturated heterocycles. The fourth-order valence-corrected chi connectivity index (χ4v) is 6.56. The molecule has 2 aromatic heterocycles. The van der Waals surface area contributed by atoms with Gasteiger partial charge in [-0.25, -0.2) is 4.98 Å². The fourth-order valence-electron chi connectivity index (χ4n) is 6.56. The number of H-pyrrole nitrogens is 1. The van der Waals surface area contributed by atoms with Gasteiger partial charge in [-0.3, -0.25) is 19.1 Å². The van der Waals surface area contributed by atoms with Gasteiger partial charge in [-0.2, -0.15) is 4.98 Å².